The van der Waals surface area contributed by atoms with Crippen molar-refractivity contribution >= 4 is 5.78 Å². The van der Waals surface area contributed by atoms with E-state index in [4.69, 9.17) is 9.84 Å². The van der Waals surface area contributed by atoms with E-state index in [2.05, 4.69) is 27.7 Å². The smallest absolute Gasteiger partial charge is 0.130 e. The van der Waals surface area contributed by atoms with Gasteiger partial charge in [0.05, 0.1) is 18.8 Å². The lowest BCUT2D eigenvalue weighted by Crippen LogP contribution is -2.27. The molecule has 0 spiro atoms. The second-order valence-electron chi connectivity index (χ2n) is 6.48. The zero-order valence-electron chi connectivity index (χ0n) is 11.7. The summed E-state index contributed by atoms with van der Waals surface area (Å²) in [5.74, 6) is 1.33. The summed E-state index contributed by atoms with van der Waals surface area (Å²) in [5.41, 5.74) is 0.0434. The van der Waals surface area contributed by atoms with Crippen LogP contribution in [0.25, 0.3) is 0 Å². The van der Waals surface area contributed by atoms with Crippen molar-refractivity contribution in [1.82, 2.24) is 0 Å². The van der Waals surface area contributed by atoms with Crippen molar-refractivity contribution in [2.45, 2.75) is 53.1 Å². The standard InChI is InChI=1S/C14H26O3/c1-10(16)8-11-12(14(11,4)5)9-13(2,3)17-7-6-15/h11-12,15H,6-9H2,1-5H3. The molecule has 0 amide bonds. The molecule has 3 heteroatoms. The minimum absolute atomic E-state index is 0.0639. The zero-order chi connectivity index (χ0) is 13.3. The fraction of sp³-hybridized carbons (Fsp3) is 0.929. The number of hydrogen-bond acceptors (Lipinski definition) is 3. The molecule has 2 unspecified atom stereocenters. The van der Waals surface area contributed by atoms with Gasteiger partial charge < -0.3 is 14.6 Å². The maximum Gasteiger partial charge on any atom is 0.130 e. The van der Waals surface area contributed by atoms with Crippen LogP contribution in [0.2, 0.25) is 0 Å². The summed E-state index contributed by atoms with van der Waals surface area (Å²) < 4.78 is 5.64. The van der Waals surface area contributed by atoms with Crippen LogP contribution >= 0.6 is 0 Å². The number of Topliss-reactive ketones (excluding diaryl/α,β-unsaturated/α-hetero) is 1. The Labute approximate surface area is 105 Å². The van der Waals surface area contributed by atoms with E-state index in [-0.39, 0.29) is 23.4 Å². The molecule has 2 atom stereocenters. The van der Waals surface area contributed by atoms with Crippen LogP contribution in [0.1, 0.15) is 47.5 Å². The van der Waals surface area contributed by atoms with E-state index in [9.17, 15) is 4.79 Å². The van der Waals surface area contributed by atoms with E-state index >= 15 is 0 Å². The van der Waals surface area contributed by atoms with Crippen molar-refractivity contribution in [2.24, 2.45) is 17.3 Å². The topological polar surface area (TPSA) is 46.5 Å². The van der Waals surface area contributed by atoms with Crippen molar-refractivity contribution in [3.63, 3.8) is 0 Å². The molecule has 0 radical (unpaired) electrons. The Morgan fingerprint density at radius 3 is 2.41 bits per heavy atom. The monoisotopic (exact) mass is 242 g/mol. The van der Waals surface area contributed by atoms with Crippen LogP contribution in [0.4, 0.5) is 0 Å². The third kappa shape index (κ3) is 3.78. The maximum atomic E-state index is 11.2. The number of ketones is 1. The number of aliphatic hydroxyl groups excluding tert-OH is 1. The molecule has 0 aliphatic heterocycles. The van der Waals surface area contributed by atoms with Crippen LogP contribution in [0.5, 0.6) is 0 Å². The van der Waals surface area contributed by atoms with E-state index in [1.165, 1.54) is 0 Å². The minimum atomic E-state index is -0.212. The average molecular weight is 242 g/mol. The molecule has 0 aromatic carbocycles. The first-order chi connectivity index (χ1) is 7.70. The lowest BCUT2D eigenvalue weighted by atomic mass is 9.97. The highest BCUT2D eigenvalue weighted by molar-refractivity contribution is 5.76. The third-order valence-electron chi connectivity index (χ3n) is 4.09. The summed E-state index contributed by atoms with van der Waals surface area (Å²) in [6.45, 7) is 10.7. The minimum Gasteiger partial charge on any atom is -0.394 e. The van der Waals surface area contributed by atoms with Crippen LogP contribution in [-0.2, 0) is 9.53 Å². The van der Waals surface area contributed by atoms with Gasteiger partial charge in [-0.3, -0.25) is 0 Å². The summed E-state index contributed by atoms with van der Waals surface area (Å²) in [5, 5.41) is 8.78. The van der Waals surface area contributed by atoms with Gasteiger partial charge in [-0.05, 0) is 44.4 Å². The SMILES string of the molecule is CC(=O)CC1C(CC(C)(C)OCCO)C1(C)C. The van der Waals surface area contributed by atoms with Crippen molar-refractivity contribution in [3.8, 4) is 0 Å². The van der Waals surface area contributed by atoms with Gasteiger partial charge in [-0.1, -0.05) is 13.8 Å². The zero-order valence-corrected chi connectivity index (χ0v) is 11.7. The van der Waals surface area contributed by atoms with Gasteiger partial charge in [-0.25, -0.2) is 0 Å². The van der Waals surface area contributed by atoms with Crippen LogP contribution in [0.3, 0.4) is 0 Å². The molecule has 1 aliphatic rings. The molecule has 1 fully saturated rings. The van der Waals surface area contributed by atoms with E-state index in [1.54, 1.807) is 6.92 Å². The number of hydrogen-bond donors (Lipinski definition) is 1. The molecule has 0 bridgehead atoms. The maximum absolute atomic E-state index is 11.2. The highest BCUT2D eigenvalue weighted by atomic mass is 16.5. The molecule has 17 heavy (non-hydrogen) atoms. The van der Waals surface area contributed by atoms with Crippen molar-refractivity contribution in [2.75, 3.05) is 13.2 Å². The molecule has 0 heterocycles. The van der Waals surface area contributed by atoms with E-state index in [0.717, 1.165) is 6.42 Å². The van der Waals surface area contributed by atoms with Gasteiger partial charge in [0.15, 0.2) is 0 Å². The molecule has 3 nitrogen and oxygen atoms in total. The Balaban J connectivity index is 2.49. The van der Waals surface area contributed by atoms with E-state index in [1.807, 2.05) is 0 Å². The first-order valence-corrected chi connectivity index (χ1v) is 6.45. The van der Waals surface area contributed by atoms with Crippen molar-refractivity contribution in [1.29, 1.82) is 0 Å². The molecular formula is C14H26O3. The second kappa shape index (κ2) is 5.07. The van der Waals surface area contributed by atoms with Gasteiger partial charge in [0.2, 0.25) is 0 Å². The first kappa shape index (κ1) is 14.7. The summed E-state index contributed by atoms with van der Waals surface area (Å²) in [6, 6.07) is 0. The number of aliphatic hydroxyl groups is 1. The molecule has 1 aliphatic carbocycles. The summed E-state index contributed by atoms with van der Waals surface area (Å²) >= 11 is 0. The quantitative estimate of drug-likeness (QED) is 0.745. The van der Waals surface area contributed by atoms with Gasteiger partial charge in [0.1, 0.15) is 5.78 Å². The van der Waals surface area contributed by atoms with Crippen LogP contribution in [0, 0.1) is 17.3 Å². The number of ether oxygens (including phenoxy) is 1. The number of carbonyl (C=O) groups is 1. The van der Waals surface area contributed by atoms with Gasteiger partial charge >= 0.3 is 0 Å². The summed E-state index contributed by atoms with van der Waals surface area (Å²) in [7, 11) is 0. The molecule has 100 valence electrons. The van der Waals surface area contributed by atoms with Crippen LogP contribution in [-0.4, -0.2) is 29.7 Å². The van der Waals surface area contributed by atoms with Gasteiger partial charge in [-0.2, -0.15) is 0 Å². The Morgan fingerprint density at radius 2 is 1.94 bits per heavy atom. The predicted octanol–water partition coefficient (Wildman–Crippen LogP) is 2.42. The molecule has 0 saturated heterocycles. The van der Waals surface area contributed by atoms with Crippen molar-refractivity contribution < 1.29 is 14.6 Å². The molecule has 0 aromatic rings. The molecule has 1 saturated carbocycles. The van der Waals surface area contributed by atoms with Crippen molar-refractivity contribution in [3.05, 3.63) is 0 Å². The van der Waals surface area contributed by atoms with Gasteiger partial charge in [0, 0.05) is 6.42 Å². The summed E-state index contributed by atoms with van der Waals surface area (Å²) in [6.07, 6.45) is 1.64. The number of rotatable bonds is 7. The van der Waals surface area contributed by atoms with Crippen LogP contribution < -0.4 is 0 Å². The van der Waals surface area contributed by atoms with E-state index < -0.39 is 0 Å². The Hall–Kier alpha value is -0.410. The normalized spacial score (nSPS) is 26.9. The highest BCUT2D eigenvalue weighted by Crippen LogP contribution is 2.63. The molecular weight excluding hydrogens is 216 g/mol. The van der Waals surface area contributed by atoms with Gasteiger partial charge in [0.25, 0.3) is 0 Å². The number of carbonyl (C=O) groups excluding carboxylic acids is 1. The molecule has 1 rings (SSSR count). The fourth-order valence-corrected chi connectivity index (χ4v) is 2.89. The summed E-state index contributed by atoms with van der Waals surface area (Å²) in [4.78, 5) is 11.2. The van der Waals surface area contributed by atoms with E-state index in [0.29, 0.717) is 24.9 Å². The Bertz CT molecular complexity index is 281. The largest absolute Gasteiger partial charge is 0.394 e. The average Bonchev–Trinajstić information content (AvgIpc) is 2.65. The lowest BCUT2D eigenvalue weighted by molar-refractivity contribution is -0.117. The van der Waals surface area contributed by atoms with Crippen LogP contribution in [0.15, 0.2) is 0 Å². The van der Waals surface area contributed by atoms with Gasteiger partial charge in [-0.15, -0.1) is 0 Å². The molecule has 0 aromatic heterocycles. The second-order valence-corrected chi connectivity index (χ2v) is 6.48. The fourth-order valence-electron chi connectivity index (χ4n) is 2.89. The lowest BCUT2D eigenvalue weighted by Gasteiger charge is -2.25. The molecule has 1 N–H and O–H groups in total. The third-order valence-corrected chi connectivity index (χ3v) is 4.09. The highest BCUT2D eigenvalue weighted by Gasteiger charge is 2.58. The Kier molecular flexibility index (Phi) is 4.37. The predicted molar refractivity (Wildman–Crippen MR) is 67.8 cm³/mol. The Morgan fingerprint density at radius 1 is 1.35 bits per heavy atom. The first-order valence-electron chi connectivity index (χ1n) is 6.45.